The third kappa shape index (κ3) is 3.54. The van der Waals surface area contributed by atoms with Gasteiger partial charge in [-0.05, 0) is 36.8 Å². The Hall–Kier alpha value is -1.94. The van der Waals surface area contributed by atoms with Gasteiger partial charge in [-0.3, -0.25) is 5.41 Å². The summed E-state index contributed by atoms with van der Waals surface area (Å²) in [5.41, 5.74) is 8.57. The molecule has 0 aliphatic heterocycles. The number of thioether (sulfide) groups is 1. The summed E-state index contributed by atoms with van der Waals surface area (Å²) < 4.78 is 5.29. The summed E-state index contributed by atoms with van der Waals surface area (Å²) in [7, 11) is 1.60. The van der Waals surface area contributed by atoms with Crippen molar-refractivity contribution in [2.75, 3.05) is 7.11 Å². The molecule has 0 aliphatic carbocycles. The first-order chi connectivity index (χ1) is 9.60. The van der Waals surface area contributed by atoms with Gasteiger partial charge in [-0.25, -0.2) is 0 Å². The maximum atomic E-state index is 7.50. The van der Waals surface area contributed by atoms with Gasteiger partial charge in [0.05, 0.1) is 12.7 Å². The van der Waals surface area contributed by atoms with Crippen LogP contribution in [0.1, 0.15) is 16.7 Å². The Bertz CT molecular complexity index is 626. The molecule has 0 aliphatic rings. The van der Waals surface area contributed by atoms with Crippen molar-refractivity contribution in [2.24, 2.45) is 5.73 Å². The van der Waals surface area contributed by atoms with E-state index in [9.17, 15) is 0 Å². The van der Waals surface area contributed by atoms with Crippen LogP contribution in [0, 0.1) is 12.3 Å². The molecule has 0 spiro atoms. The Labute approximate surface area is 123 Å². The number of hydrogen-bond donors (Lipinski definition) is 2. The minimum Gasteiger partial charge on any atom is -0.496 e. The maximum absolute atomic E-state index is 7.50. The van der Waals surface area contributed by atoms with Crippen molar-refractivity contribution in [3.8, 4) is 5.75 Å². The average Bonchev–Trinajstić information content (AvgIpc) is 2.44. The van der Waals surface area contributed by atoms with Crippen LogP contribution in [0.15, 0.2) is 47.4 Å². The van der Waals surface area contributed by atoms with Gasteiger partial charge in [0, 0.05) is 10.6 Å². The number of hydrogen-bond acceptors (Lipinski definition) is 3. The summed E-state index contributed by atoms with van der Waals surface area (Å²) in [6.07, 6.45) is 0. The lowest BCUT2D eigenvalue weighted by molar-refractivity contribution is 0.413. The highest BCUT2D eigenvalue weighted by molar-refractivity contribution is 7.98. The first-order valence-electron chi connectivity index (χ1n) is 6.31. The average molecular weight is 286 g/mol. The fourth-order valence-corrected chi connectivity index (χ4v) is 2.88. The molecule has 4 heteroatoms. The topological polar surface area (TPSA) is 59.1 Å². The zero-order chi connectivity index (χ0) is 14.5. The van der Waals surface area contributed by atoms with Crippen molar-refractivity contribution in [1.82, 2.24) is 0 Å². The number of rotatable bonds is 5. The zero-order valence-corrected chi connectivity index (χ0v) is 12.5. The Balaban J connectivity index is 2.12. The lowest BCUT2D eigenvalue weighted by atomic mass is 10.1. The largest absolute Gasteiger partial charge is 0.496 e. The summed E-state index contributed by atoms with van der Waals surface area (Å²) in [5, 5.41) is 7.50. The van der Waals surface area contributed by atoms with E-state index in [0.29, 0.717) is 11.3 Å². The monoisotopic (exact) mass is 286 g/mol. The number of nitrogens with two attached hydrogens (primary N) is 1. The van der Waals surface area contributed by atoms with Crippen LogP contribution in [0.3, 0.4) is 0 Å². The van der Waals surface area contributed by atoms with Crippen LogP contribution in [-0.2, 0) is 5.75 Å². The van der Waals surface area contributed by atoms with Crippen molar-refractivity contribution in [3.63, 3.8) is 0 Å². The molecule has 0 saturated carbocycles. The van der Waals surface area contributed by atoms with Gasteiger partial charge in [-0.1, -0.05) is 23.8 Å². The van der Waals surface area contributed by atoms with Crippen molar-refractivity contribution in [3.05, 3.63) is 59.2 Å². The van der Waals surface area contributed by atoms with Crippen LogP contribution >= 0.6 is 11.8 Å². The Morgan fingerprint density at radius 1 is 1.25 bits per heavy atom. The molecule has 0 fully saturated rings. The standard InChI is InChI=1S/C16H18N2OS/c1-11-4-3-5-13(8-11)20-10-12-6-7-14(16(17)18)15(9-12)19-2/h3-9H,10H2,1-2H3,(H3,17,18). The number of benzene rings is 2. The zero-order valence-electron chi connectivity index (χ0n) is 11.6. The predicted molar refractivity (Wildman–Crippen MR) is 84.8 cm³/mol. The van der Waals surface area contributed by atoms with Gasteiger partial charge >= 0.3 is 0 Å². The van der Waals surface area contributed by atoms with Crippen LogP contribution in [-0.4, -0.2) is 12.9 Å². The third-order valence-corrected chi connectivity index (χ3v) is 4.02. The smallest absolute Gasteiger partial charge is 0.130 e. The highest BCUT2D eigenvalue weighted by Gasteiger charge is 2.07. The van der Waals surface area contributed by atoms with Crippen molar-refractivity contribution < 1.29 is 4.74 Å². The molecule has 3 nitrogen and oxygen atoms in total. The highest BCUT2D eigenvalue weighted by atomic mass is 32.2. The van der Waals surface area contributed by atoms with Gasteiger partial charge in [0.2, 0.25) is 0 Å². The fourth-order valence-electron chi connectivity index (χ4n) is 1.92. The minimum atomic E-state index is 0.0275. The molecule has 0 unspecified atom stereocenters. The molecule has 2 aromatic carbocycles. The molecule has 0 amide bonds. The van der Waals surface area contributed by atoms with E-state index in [1.54, 1.807) is 18.9 Å². The van der Waals surface area contributed by atoms with Gasteiger partial charge in [0.1, 0.15) is 11.6 Å². The number of aryl methyl sites for hydroxylation is 1. The second kappa shape index (κ2) is 6.48. The van der Waals surface area contributed by atoms with Gasteiger partial charge in [0.15, 0.2) is 0 Å². The molecule has 2 aromatic rings. The number of nitrogens with one attached hydrogen (secondary N) is 1. The molecular weight excluding hydrogens is 268 g/mol. The Morgan fingerprint density at radius 3 is 2.70 bits per heavy atom. The van der Waals surface area contributed by atoms with Crippen LogP contribution < -0.4 is 10.5 Å². The number of amidine groups is 1. The van der Waals surface area contributed by atoms with Crippen molar-refractivity contribution >= 4 is 17.6 Å². The molecule has 0 radical (unpaired) electrons. The van der Waals surface area contributed by atoms with E-state index in [-0.39, 0.29) is 5.84 Å². The number of nitrogen functional groups attached to an aromatic ring is 1. The normalized spacial score (nSPS) is 10.3. The molecule has 0 bridgehead atoms. The Morgan fingerprint density at radius 2 is 2.05 bits per heavy atom. The summed E-state index contributed by atoms with van der Waals surface area (Å²) >= 11 is 1.78. The van der Waals surface area contributed by atoms with Crippen LogP contribution in [0.4, 0.5) is 0 Å². The Kier molecular flexibility index (Phi) is 4.69. The molecule has 0 atom stereocenters. The molecule has 104 valence electrons. The highest BCUT2D eigenvalue weighted by Crippen LogP contribution is 2.27. The molecule has 2 rings (SSSR count). The van der Waals surface area contributed by atoms with E-state index >= 15 is 0 Å². The van der Waals surface area contributed by atoms with Crippen LogP contribution in [0.25, 0.3) is 0 Å². The maximum Gasteiger partial charge on any atom is 0.130 e. The van der Waals surface area contributed by atoms with E-state index in [2.05, 4.69) is 31.2 Å². The SMILES string of the molecule is COc1cc(CSc2cccc(C)c2)ccc1C(=N)N. The van der Waals surface area contributed by atoms with E-state index in [4.69, 9.17) is 15.9 Å². The fraction of sp³-hybridized carbons (Fsp3) is 0.188. The van der Waals surface area contributed by atoms with Crippen molar-refractivity contribution in [2.45, 2.75) is 17.6 Å². The van der Waals surface area contributed by atoms with Gasteiger partial charge < -0.3 is 10.5 Å². The first-order valence-corrected chi connectivity index (χ1v) is 7.29. The minimum absolute atomic E-state index is 0.0275. The van der Waals surface area contributed by atoms with E-state index in [1.807, 2.05) is 18.2 Å². The lowest BCUT2D eigenvalue weighted by Gasteiger charge is -2.09. The second-order valence-electron chi connectivity index (χ2n) is 4.55. The molecule has 3 N–H and O–H groups in total. The lowest BCUT2D eigenvalue weighted by Crippen LogP contribution is -2.12. The second-order valence-corrected chi connectivity index (χ2v) is 5.60. The molecule has 0 heterocycles. The van der Waals surface area contributed by atoms with E-state index in [1.165, 1.54) is 10.5 Å². The van der Waals surface area contributed by atoms with E-state index < -0.39 is 0 Å². The first kappa shape index (κ1) is 14.5. The van der Waals surface area contributed by atoms with Gasteiger partial charge in [-0.15, -0.1) is 11.8 Å². The predicted octanol–water partition coefficient (Wildman–Crippen LogP) is 3.58. The van der Waals surface area contributed by atoms with E-state index in [0.717, 1.165) is 11.3 Å². The third-order valence-electron chi connectivity index (χ3n) is 2.95. The van der Waals surface area contributed by atoms with Crippen molar-refractivity contribution in [1.29, 1.82) is 5.41 Å². The molecule has 0 aromatic heterocycles. The quantitative estimate of drug-likeness (QED) is 0.502. The number of ether oxygens (including phenoxy) is 1. The van der Waals surface area contributed by atoms with Crippen LogP contribution in [0.5, 0.6) is 5.75 Å². The number of methoxy groups -OCH3 is 1. The summed E-state index contributed by atoms with van der Waals surface area (Å²) in [4.78, 5) is 1.25. The van der Waals surface area contributed by atoms with Gasteiger partial charge in [-0.2, -0.15) is 0 Å². The van der Waals surface area contributed by atoms with Gasteiger partial charge in [0.25, 0.3) is 0 Å². The molecule has 0 saturated heterocycles. The summed E-state index contributed by atoms with van der Waals surface area (Å²) in [6.45, 7) is 2.09. The summed E-state index contributed by atoms with van der Waals surface area (Å²) in [6, 6.07) is 14.2. The molecule has 20 heavy (non-hydrogen) atoms. The summed E-state index contributed by atoms with van der Waals surface area (Å²) in [5.74, 6) is 1.54. The molecular formula is C16H18N2OS. The van der Waals surface area contributed by atoms with Crippen LogP contribution in [0.2, 0.25) is 0 Å².